The van der Waals surface area contributed by atoms with Crippen molar-refractivity contribution in [3.8, 4) is 17.0 Å². The van der Waals surface area contributed by atoms with E-state index in [1.807, 2.05) is 30.5 Å². The highest BCUT2D eigenvalue weighted by molar-refractivity contribution is 7.09. The molecule has 7 nitrogen and oxygen atoms in total. The first-order valence-electron chi connectivity index (χ1n) is 9.62. The first-order chi connectivity index (χ1) is 15.0. The molecule has 0 unspecified atom stereocenters. The van der Waals surface area contributed by atoms with Crippen LogP contribution in [0.15, 0.2) is 69.2 Å². The van der Waals surface area contributed by atoms with Gasteiger partial charge in [-0.05, 0) is 30.7 Å². The van der Waals surface area contributed by atoms with Crippen molar-refractivity contribution in [2.24, 2.45) is 0 Å². The number of thiazole rings is 1. The third-order valence-electron chi connectivity index (χ3n) is 4.65. The molecular formula is C23H20N2O5S. The second-order valence-electron chi connectivity index (χ2n) is 6.92. The highest BCUT2D eigenvalue weighted by Gasteiger charge is 2.12. The number of nitrogens with zero attached hydrogens (tertiary/aromatic N) is 1. The Morgan fingerprint density at radius 2 is 2.03 bits per heavy atom. The number of benzene rings is 2. The van der Waals surface area contributed by atoms with Crippen LogP contribution >= 0.6 is 11.3 Å². The van der Waals surface area contributed by atoms with E-state index in [0.717, 1.165) is 16.0 Å². The summed E-state index contributed by atoms with van der Waals surface area (Å²) in [5.74, 6) is 0.0254. The molecule has 1 amide bonds. The lowest BCUT2D eigenvalue weighted by molar-refractivity contribution is -0.123. The van der Waals surface area contributed by atoms with Crippen LogP contribution in [-0.2, 0) is 4.79 Å². The zero-order chi connectivity index (χ0) is 21.8. The molecule has 0 bridgehead atoms. The summed E-state index contributed by atoms with van der Waals surface area (Å²) < 4.78 is 10.9. The van der Waals surface area contributed by atoms with Gasteiger partial charge in [-0.15, -0.1) is 11.3 Å². The van der Waals surface area contributed by atoms with Crippen LogP contribution in [0.5, 0.6) is 5.75 Å². The van der Waals surface area contributed by atoms with Gasteiger partial charge in [0.1, 0.15) is 11.3 Å². The fourth-order valence-electron chi connectivity index (χ4n) is 3.05. The average molecular weight is 436 g/mol. The Morgan fingerprint density at radius 3 is 2.77 bits per heavy atom. The molecule has 1 atom stereocenters. The number of aliphatic hydroxyl groups is 1. The van der Waals surface area contributed by atoms with E-state index < -0.39 is 11.7 Å². The summed E-state index contributed by atoms with van der Waals surface area (Å²) in [6, 6.07) is 15.8. The second-order valence-corrected chi connectivity index (χ2v) is 7.98. The summed E-state index contributed by atoms with van der Waals surface area (Å²) in [5, 5.41) is 16.1. The monoisotopic (exact) mass is 436 g/mol. The predicted molar refractivity (Wildman–Crippen MR) is 118 cm³/mol. The first kappa shape index (κ1) is 20.8. The van der Waals surface area contributed by atoms with Gasteiger partial charge in [-0.2, -0.15) is 0 Å². The molecule has 4 aromatic rings. The minimum atomic E-state index is -0.796. The van der Waals surface area contributed by atoms with Crippen LogP contribution in [0.4, 0.5) is 0 Å². The number of carbonyl (C=O) groups excluding carboxylic acids is 1. The number of aromatic nitrogens is 1. The van der Waals surface area contributed by atoms with Gasteiger partial charge in [0.15, 0.2) is 6.61 Å². The quantitative estimate of drug-likeness (QED) is 0.430. The van der Waals surface area contributed by atoms with Crippen molar-refractivity contribution >= 4 is 28.2 Å². The van der Waals surface area contributed by atoms with E-state index in [1.54, 1.807) is 36.4 Å². The summed E-state index contributed by atoms with van der Waals surface area (Å²) in [6.07, 6.45) is -0.796. The number of aryl methyl sites for hydroxylation is 1. The number of carbonyl (C=O) groups is 1. The molecular weight excluding hydrogens is 416 g/mol. The summed E-state index contributed by atoms with van der Waals surface area (Å²) in [6.45, 7) is 1.73. The minimum absolute atomic E-state index is 0.0810. The maximum atomic E-state index is 12.4. The summed E-state index contributed by atoms with van der Waals surface area (Å²) in [5.41, 5.74) is 1.59. The SMILES string of the molecule is Cc1nc(-c2cc3ccc(OCC(=O)NC[C@H](O)c4ccccc4)cc3oc2=O)cs1. The Labute approximate surface area is 181 Å². The van der Waals surface area contributed by atoms with E-state index >= 15 is 0 Å². The van der Waals surface area contributed by atoms with E-state index in [0.29, 0.717) is 22.6 Å². The van der Waals surface area contributed by atoms with E-state index in [9.17, 15) is 14.7 Å². The van der Waals surface area contributed by atoms with Gasteiger partial charge in [0.05, 0.1) is 22.4 Å². The number of aliphatic hydroxyl groups excluding tert-OH is 1. The van der Waals surface area contributed by atoms with Gasteiger partial charge < -0.3 is 19.6 Å². The Morgan fingerprint density at radius 1 is 1.23 bits per heavy atom. The Balaban J connectivity index is 1.38. The first-order valence-corrected chi connectivity index (χ1v) is 10.5. The molecule has 0 saturated heterocycles. The van der Waals surface area contributed by atoms with Gasteiger partial charge in [0.25, 0.3) is 5.91 Å². The molecule has 8 heteroatoms. The maximum Gasteiger partial charge on any atom is 0.345 e. The standard InChI is InChI=1S/C23H20N2O5S/c1-14-25-19(13-31-14)18-9-16-7-8-17(10-21(16)30-23(18)28)29-12-22(27)24-11-20(26)15-5-3-2-4-6-15/h2-10,13,20,26H,11-12H2,1H3,(H,24,27)/t20-/m0/s1. The normalized spacial score (nSPS) is 11.9. The summed E-state index contributed by atoms with van der Waals surface area (Å²) in [4.78, 5) is 28.7. The Kier molecular flexibility index (Phi) is 6.11. The number of hydrogen-bond donors (Lipinski definition) is 2. The number of amides is 1. The zero-order valence-electron chi connectivity index (χ0n) is 16.7. The van der Waals surface area contributed by atoms with Crippen molar-refractivity contribution in [2.45, 2.75) is 13.0 Å². The van der Waals surface area contributed by atoms with Crippen LogP contribution < -0.4 is 15.7 Å². The molecule has 4 rings (SSSR count). The van der Waals surface area contributed by atoms with Crippen LogP contribution in [0.3, 0.4) is 0 Å². The Hall–Kier alpha value is -3.49. The van der Waals surface area contributed by atoms with Crippen molar-refractivity contribution in [3.05, 3.63) is 81.0 Å². The van der Waals surface area contributed by atoms with Crippen LogP contribution in [-0.4, -0.2) is 29.1 Å². The minimum Gasteiger partial charge on any atom is -0.484 e. The molecule has 31 heavy (non-hydrogen) atoms. The van der Waals surface area contributed by atoms with Crippen molar-refractivity contribution in [1.29, 1.82) is 0 Å². The fourth-order valence-corrected chi connectivity index (χ4v) is 3.66. The topological polar surface area (TPSA) is 102 Å². The average Bonchev–Trinajstić information content (AvgIpc) is 3.22. The summed E-state index contributed by atoms with van der Waals surface area (Å²) in [7, 11) is 0. The fraction of sp³-hybridized carbons (Fsp3) is 0.174. The molecule has 2 N–H and O–H groups in total. The molecule has 0 radical (unpaired) electrons. The third-order valence-corrected chi connectivity index (χ3v) is 5.42. The molecule has 0 spiro atoms. The molecule has 158 valence electrons. The van der Waals surface area contributed by atoms with Crippen molar-refractivity contribution in [3.63, 3.8) is 0 Å². The molecule has 0 saturated carbocycles. The number of fused-ring (bicyclic) bond motifs is 1. The van der Waals surface area contributed by atoms with E-state index in [2.05, 4.69) is 10.3 Å². The van der Waals surface area contributed by atoms with Gasteiger partial charge in [-0.3, -0.25) is 4.79 Å². The molecule has 0 aliphatic heterocycles. The van der Waals surface area contributed by atoms with E-state index in [4.69, 9.17) is 9.15 Å². The third kappa shape index (κ3) is 4.99. The molecule has 2 heterocycles. The molecule has 0 fully saturated rings. The predicted octanol–water partition coefficient (Wildman–Crippen LogP) is 3.45. The van der Waals surface area contributed by atoms with E-state index in [-0.39, 0.29) is 19.1 Å². The number of hydrogen-bond acceptors (Lipinski definition) is 7. The molecule has 2 aromatic carbocycles. The second kappa shape index (κ2) is 9.11. The Bertz CT molecular complexity index is 1270. The molecule has 0 aliphatic rings. The number of nitrogens with one attached hydrogen (secondary N) is 1. The zero-order valence-corrected chi connectivity index (χ0v) is 17.5. The highest BCUT2D eigenvalue weighted by Crippen LogP contribution is 2.25. The van der Waals surface area contributed by atoms with Crippen LogP contribution in [0.1, 0.15) is 16.7 Å². The largest absolute Gasteiger partial charge is 0.484 e. The highest BCUT2D eigenvalue weighted by atomic mass is 32.1. The van der Waals surface area contributed by atoms with E-state index in [1.165, 1.54) is 11.3 Å². The number of rotatable bonds is 7. The van der Waals surface area contributed by atoms with Gasteiger partial charge in [-0.1, -0.05) is 30.3 Å². The molecule has 2 aromatic heterocycles. The van der Waals surface area contributed by atoms with Crippen molar-refractivity contribution in [2.75, 3.05) is 13.2 Å². The smallest absolute Gasteiger partial charge is 0.345 e. The lowest BCUT2D eigenvalue weighted by Gasteiger charge is -2.12. The lowest BCUT2D eigenvalue weighted by Crippen LogP contribution is -2.32. The van der Waals surface area contributed by atoms with Crippen molar-refractivity contribution in [1.82, 2.24) is 10.3 Å². The van der Waals surface area contributed by atoms with Gasteiger partial charge in [-0.25, -0.2) is 9.78 Å². The van der Waals surface area contributed by atoms with Gasteiger partial charge in [0.2, 0.25) is 0 Å². The van der Waals surface area contributed by atoms with Crippen molar-refractivity contribution < 1.29 is 19.1 Å². The van der Waals surface area contributed by atoms with Crippen LogP contribution in [0.2, 0.25) is 0 Å². The molecule has 0 aliphatic carbocycles. The van der Waals surface area contributed by atoms with Gasteiger partial charge >= 0.3 is 5.63 Å². The number of ether oxygens (including phenoxy) is 1. The van der Waals surface area contributed by atoms with Gasteiger partial charge in [0, 0.05) is 23.4 Å². The lowest BCUT2D eigenvalue weighted by atomic mass is 10.1. The summed E-state index contributed by atoms with van der Waals surface area (Å²) >= 11 is 1.46. The maximum absolute atomic E-state index is 12.4. The van der Waals surface area contributed by atoms with Crippen LogP contribution in [0.25, 0.3) is 22.2 Å². The van der Waals surface area contributed by atoms with Crippen LogP contribution in [0, 0.1) is 6.92 Å².